The van der Waals surface area contributed by atoms with E-state index in [9.17, 15) is 14.3 Å². The standard InChI is InChI=1S/C17H15ClF2N2O2/c18-11-4-3-10(13(19)8-11)9-22-16(24)17(20)6-5-14(23)15-12(17)2-1-7-21-15/h1-4,7-8,14,23H,5-6,9H2,(H,22,24)/t14-,17-/m0/s1. The lowest BCUT2D eigenvalue weighted by Crippen LogP contribution is -2.44. The maximum absolute atomic E-state index is 15.3. The van der Waals surface area contributed by atoms with Crippen molar-refractivity contribution in [1.29, 1.82) is 0 Å². The van der Waals surface area contributed by atoms with Crippen LogP contribution in [0.1, 0.15) is 35.8 Å². The minimum Gasteiger partial charge on any atom is -0.387 e. The molecule has 1 aromatic carbocycles. The van der Waals surface area contributed by atoms with Gasteiger partial charge in [-0.05, 0) is 31.0 Å². The molecule has 0 saturated heterocycles. The Morgan fingerprint density at radius 3 is 3.00 bits per heavy atom. The van der Waals surface area contributed by atoms with E-state index in [0.717, 1.165) is 6.07 Å². The van der Waals surface area contributed by atoms with Crippen molar-refractivity contribution in [1.82, 2.24) is 10.3 Å². The number of aliphatic hydroxyl groups excluding tert-OH is 1. The van der Waals surface area contributed by atoms with E-state index in [4.69, 9.17) is 11.6 Å². The molecule has 7 heteroatoms. The number of carbonyl (C=O) groups is 1. The highest BCUT2D eigenvalue weighted by molar-refractivity contribution is 6.30. The minimum absolute atomic E-state index is 0.0535. The fraction of sp³-hybridized carbons (Fsp3) is 0.294. The summed E-state index contributed by atoms with van der Waals surface area (Å²) in [6, 6.07) is 7.01. The first-order valence-electron chi connectivity index (χ1n) is 7.46. The molecule has 0 radical (unpaired) electrons. The lowest BCUT2D eigenvalue weighted by molar-refractivity contribution is -0.135. The summed E-state index contributed by atoms with van der Waals surface area (Å²) >= 11 is 5.68. The van der Waals surface area contributed by atoms with Crippen molar-refractivity contribution in [3.8, 4) is 0 Å². The summed E-state index contributed by atoms with van der Waals surface area (Å²) in [6.45, 7) is -0.161. The Labute approximate surface area is 142 Å². The number of fused-ring (bicyclic) bond motifs is 1. The molecule has 0 aliphatic heterocycles. The van der Waals surface area contributed by atoms with Crippen molar-refractivity contribution in [3.63, 3.8) is 0 Å². The van der Waals surface area contributed by atoms with Crippen molar-refractivity contribution in [2.75, 3.05) is 0 Å². The van der Waals surface area contributed by atoms with E-state index >= 15 is 4.39 Å². The maximum atomic E-state index is 15.3. The highest BCUT2D eigenvalue weighted by Gasteiger charge is 2.46. The van der Waals surface area contributed by atoms with Crippen LogP contribution in [-0.2, 0) is 17.0 Å². The second kappa shape index (κ2) is 6.45. The number of benzene rings is 1. The van der Waals surface area contributed by atoms with Gasteiger partial charge in [0.1, 0.15) is 5.82 Å². The number of hydrogen-bond donors (Lipinski definition) is 2. The predicted molar refractivity (Wildman–Crippen MR) is 84.5 cm³/mol. The smallest absolute Gasteiger partial charge is 0.262 e. The molecule has 0 spiro atoms. The molecule has 1 heterocycles. The summed E-state index contributed by atoms with van der Waals surface area (Å²) in [5, 5.41) is 12.6. The first kappa shape index (κ1) is 16.8. The number of nitrogens with one attached hydrogen (secondary N) is 1. The molecule has 1 aliphatic carbocycles. The van der Waals surface area contributed by atoms with Gasteiger partial charge in [0.25, 0.3) is 5.91 Å². The zero-order chi connectivity index (χ0) is 17.3. The Bertz CT molecular complexity index is 787. The number of aromatic nitrogens is 1. The first-order valence-corrected chi connectivity index (χ1v) is 7.84. The Morgan fingerprint density at radius 2 is 2.25 bits per heavy atom. The highest BCUT2D eigenvalue weighted by atomic mass is 35.5. The molecule has 2 aromatic rings. The molecular weight excluding hydrogens is 338 g/mol. The third-order valence-corrected chi connectivity index (χ3v) is 4.39. The predicted octanol–water partition coefficient (Wildman–Crippen LogP) is 3.18. The van der Waals surface area contributed by atoms with Crippen molar-refractivity contribution >= 4 is 17.5 Å². The summed E-state index contributed by atoms with van der Waals surface area (Å²) in [6.07, 6.45) is 0.464. The van der Waals surface area contributed by atoms with Crippen LogP contribution in [0.4, 0.5) is 8.78 Å². The van der Waals surface area contributed by atoms with Gasteiger partial charge < -0.3 is 10.4 Å². The largest absolute Gasteiger partial charge is 0.387 e. The van der Waals surface area contributed by atoms with Crippen LogP contribution < -0.4 is 5.32 Å². The van der Waals surface area contributed by atoms with E-state index in [2.05, 4.69) is 10.3 Å². The summed E-state index contributed by atoms with van der Waals surface area (Å²) in [4.78, 5) is 16.4. The Kier molecular flexibility index (Phi) is 4.51. The normalized spacial score (nSPS) is 22.8. The first-order chi connectivity index (χ1) is 11.4. The molecule has 1 amide bonds. The highest BCUT2D eigenvalue weighted by Crippen LogP contribution is 2.42. The topological polar surface area (TPSA) is 62.2 Å². The Balaban J connectivity index is 1.81. The second-order valence-corrected chi connectivity index (χ2v) is 6.15. The molecule has 4 nitrogen and oxygen atoms in total. The van der Waals surface area contributed by atoms with Crippen LogP contribution >= 0.6 is 11.6 Å². The van der Waals surface area contributed by atoms with Gasteiger partial charge in [-0.25, -0.2) is 8.78 Å². The quantitative estimate of drug-likeness (QED) is 0.891. The number of nitrogens with zero attached hydrogens (tertiary/aromatic N) is 1. The van der Waals surface area contributed by atoms with E-state index in [1.54, 1.807) is 0 Å². The molecule has 0 saturated carbocycles. The average Bonchev–Trinajstić information content (AvgIpc) is 2.57. The van der Waals surface area contributed by atoms with Crippen LogP contribution in [0.3, 0.4) is 0 Å². The number of hydrogen-bond acceptors (Lipinski definition) is 3. The molecule has 126 valence electrons. The van der Waals surface area contributed by atoms with Gasteiger partial charge in [0.05, 0.1) is 11.8 Å². The molecule has 0 bridgehead atoms. The van der Waals surface area contributed by atoms with E-state index in [1.165, 1.54) is 30.5 Å². The molecule has 3 rings (SSSR count). The third kappa shape index (κ3) is 2.99. The van der Waals surface area contributed by atoms with Gasteiger partial charge in [-0.1, -0.05) is 23.7 Å². The van der Waals surface area contributed by atoms with E-state index < -0.39 is 23.5 Å². The van der Waals surface area contributed by atoms with Crippen LogP contribution in [0.25, 0.3) is 0 Å². The van der Waals surface area contributed by atoms with Gasteiger partial charge in [-0.3, -0.25) is 9.78 Å². The van der Waals surface area contributed by atoms with Crippen molar-refractivity contribution in [3.05, 3.63) is 64.2 Å². The molecule has 0 fully saturated rings. The molecule has 24 heavy (non-hydrogen) atoms. The summed E-state index contributed by atoms with van der Waals surface area (Å²) < 4.78 is 29.1. The number of amides is 1. The lowest BCUT2D eigenvalue weighted by atomic mass is 9.81. The number of aliphatic hydroxyl groups is 1. The average molecular weight is 353 g/mol. The van der Waals surface area contributed by atoms with E-state index in [0.29, 0.717) is 0 Å². The van der Waals surface area contributed by atoms with Crippen molar-refractivity contribution in [2.24, 2.45) is 0 Å². The summed E-state index contributed by atoms with van der Waals surface area (Å²) in [5.74, 6) is -1.45. The molecular formula is C17H15ClF2N2O2. The van der Waals surface area contributed by atoms with Gasteiger partial charge >= 0.3 is 0 Å². The van der Waals surface area contributed by atoms with Crippen LogP contribution in [0.5, 0.6) is 0 Å². The second-order valence-electron chi connectivity index (χ2n) is 5.71. The number of carbonyl (C=O) groups excluding carboxylic acids is 1. The van der Waals surface area contributed by atoms with E-state index in [1.807, 2.05) is 0 Å². The minimum atomic E-state index is -2.30. The van der Waals surface area contributed by atoms with Gasteiger partial charge in [-0.2, -0.15) is 0 Å². The SMILES string of the molecule is O=C(NCc1ccc(Cl)cc1F)[C@]1(F)CC[C@H](O)c2ncccc21. The monoisotopic (exact) mass is 352 g/mol. The Hall–Kier alpha value is -2.05. The van der Waals surface area contributed by atoms with Gasteiger partial charge in [0, 0.05) is 28.9 Å². The Morgan fingerprint density at radius 1 is 1.46 bits per heavy atom. The number of alkyl halides is 1. The molecule has 2 N–H and O–H groups in total. The van der Waals surface area contributed by atoms with Crippen LogP contribution in [0.15, 0.2) is 36.5 Å². The molecule has 0 unspecified atom stereocenters. The van der Waals surface area contributed by atoms with Crippen molar-refractivity contribution < 1.29 is 18.7 Å². The fourth-order valence-electron chi connectivity index (χ4n) is 2.84. The third-order valence-electron chi connectivity index (χ3n) is 4.16. The summed E-state index contributed by atoms with van der Waals surface area (Å²) in [7, 11) is 0. The maximum Gasteiger partial charge on any atom is 0.262 e. The van der Waals surface area contributed by atoms with Gasteiger partial charge in [0.2, 0.25) is 5.67 Å². The summed E-state index contributed by atoms with van der Waals surface area (Å²) in [5.41, 5.74) is -1.87. The van der Waals surface area contributed by atoms with Gasteiger partial charge in [0.15, 0.2) is 0 Å². The molecule has 1 aliphatic rings. The van der Waals surface area contributed by atoms with Crippen molar-refractivity contribution in [2.45, 2.75) is 31.2 Å². The molecule has 2 atom stereocenters. The van der Waals surface area contributed by atoms with E-state index in [-0.39, 0.29) is 41.2 Å². The zero-order valence-corrected chi connectivity index (χ0v) is 13.4. The zero-order valence-electron chi connectivity index (χ0n) is 12.6. The van der Waals surface area contributed by atoms with Crippen LogP contribution in [0, 0.1) is 5.82 Å². The van der Waals surface area contributed by atoms with Gasteiger partial charge in [-0.15, -0.1) is 0 Å². The number of pyridine rings is 1. The number of rotatable bonds is 3. The lowest BCUT2D eigenvalue weighted by Gasteiger charge is -2.32. The van der Waals surface area contributed by atoms with Crippen LogP contribution in [0.2, 0.25) is 5.02 Å². The van der Waals surface area contributed by atoms with Crippen LogP contribution in [-0.4, -0.2) is 16.0 Å². The fourth-order valence-corrected chi connectivity index (χ4v) is 3.00. The number of halogens is 3. The molecule has 1 aromatic heterocycles.